The van der Waals surface area contributed by atoms with E-state index < -0.39 is 5.92 Å². The Balaban J connectivity index is 1.70. The van der Waals surface area contributed by atoms with Crippen molar-refractivity contribution in [2.45, 2.75) is 32.6 Å². The first kappa shape index (κ1) is 21.2. The quantitative estimate of drug-likeness (QED) is 0.374. The molecule has 1 aliphatic heterocycles. The maximum absolute atomic E-state index is 13.3. The van der Waals surface area contributed by atoms with Crippen LogP contribution < -0.4 is 10.9 Å². The number of anilines is 1. The van der Waals surface area contributed by atoms with Crippen LogP contribution in [0.4, 0.5) is 5.82 Å². The number of aromatic amines is 2. The van der Waals surface area contributed by atoms with Crippen molar-refractivity contribution < 1.29 is 9.21 Å². The van der Waals surface area contributed by atoms with Crippen molar-refractivity contribution in [3.8, 4) is 11.3 Å². The Bertz CT molecular complexity index is 1430. The minimum atomic E-state index is -0.656. The minimum absolute atomic E-state index is 0.00580. The highest BCUT2D eigenvalue weighted by molar-refractivity contribution is 7.71. The zero-order valence-electron chi connectivity index (χ0n) is 17.3. The number of hydrogen-bond acceptors (Lipinski definition) is 5. The summed E-state index contributed by atoms with van der Waals surface area (Å²) in [4.78, 5) is 31.9. The molecule has 2 aromatic heterocycles. The van der Waals surface area contributed by atoms with Crippen LogP contribution >= 0.6 is 35.4 Å². The molecule has 0 spiro atoms. The van der Waals surface area contributed by atoms with E-state index in [1.807, 2.05) is 0 Å². The zero-order valence-corrected chi connectivity index (χ0v) is 19.6. The molecule has 1 atom stereocenters. The third-order valence-corrected chi connectivity index (χ3v) is 6.81. The summed E-state index contributed by atoms with van der Waals surface area (Å²) in [6.07, 6.45) is 1.05. The number of ketones is 1. The Morgan fingerprint density at radius 3 is 2.59 bits per heavy atom. The molecule has 0 radical (unpaired) electrons. The fourth-order valence-electron chi connectivity index (χ4n) is 4.54. The van der Waals surface area contributed by atoms with Gasteiger partial charge in [-0.15, -0.1) is 0 Å². The average molecular weight is 488 g/mol. The molecule has 1 aromatic carbocycles. The zero-order chi connectivity index (χ0) is 22.8. The maximum atomic E-state index is 13.3. The van der Waals surface area contributed by atoms with E-state index in [1.54, 1.807) is 30.3 Å². The molecule has 32 heavy (non-hydrogen) atoms. The van der Waals surface area contributed by atoms with E-state index in [9.17, 15) is 9.59 Å². The highest BCUT2D eigenvalue weighted by Crippen LogP contribution is 2.48. The van der Waals surface area contributed by atoms with Gasteiger partial charge >= 0.3 is 0 Å². The smallest absolute Gasteiger partial charge is 0.258 e. The van der Waals surface area contributed by atoms with Crippen LogP contribution in [0.3, 0.4) is 0 Å². The first-order valence-electron chi connectivity index (χ1n) is 10.1. The van der Waals surface area contributed by atoms with Crippen LogP contribution in [0, 0.1) is 10.2 Å². The van der Waals surface area contributed by atoms with Gasteiger partial charge in [-0.2, -0.15) is 0 Å². The lowest BCUT2D eigenvalue weighted by Gasteiger charge is -2.38. The normalized spacial score (nSPS) is 19.4. The summed E-state index contributed by atoms with van der Waals surface area (Å²) in [6.45, 7) is 4.10. The van der Waals surface area contributed by atoms with E-state index >= 15 is 0 Å². The average Bonchev–Trinajstić information content (AvgIpc) is 3.17. The molecule has 9 heteroatoms. The number of nitrogens with one attached hydrogen (secondary N) is 3. The predicted octanol–water partition coefficient (Wildman–Crippen LogP) is 6.20. The van der Waals surface area contributed by atoms with Gasteiger partial charge in [-0.05, 0) is 54.4 Å². The maximum Gasteiger partial charge on any atom is 0.258 e. The molecule has 0 unspecified atom stereocenters. The number of carbonyl (C=O) groups excluding carboxylic acids is 1. The number of allylic oxidation sites excluding steroid dienone is 2. The SMILES string of the molecule is CC1(C)CC(=O)C2=C(C1)Nc1[nH]c(=S)[nH]c(=O)c1[C@H]2c1ccc(-c2ccc(Cl)c(Cl)c2)o1. The number of H-pyrrole nitrogens is 2. The fourth-order valence-corrected chi connectivity index (χ4v) is 5.04. The van der Waals surface area contributed by atoms with Gasteiger partial charge in [0.05, 0.1) is 21.5 Å². The van der Waals surface area contributed by atoms with Gasteiger partial charge < -0.3 is 14.7 Å². The summed E-state index contributed by atoms with van der Waals surface area (Å²) in [5.74, 6) is 0.876. The minimum Gasteiger partial charge on any atom is -0.460 e. The highest BCUT2D eigenvalue weighted by atomic mass is 35.5. The Hall–Kier alpha value is -2.61. The van der Waals surface area contributed by atoms with Gasteiger partial charge in [0.15, 0.2) is 10.6 Å². The summed E-state index contributed by atoms with van der Waals surface area (Å²) in [6, 6.07) is 8.80. The monoisotopic (exact) mass is 487 g/mol. The molecule has 164 valence electrons. The molecule has 0 bridgehead atoms. The van der Waals surface area contributed by atoms with Crippen LogP contribution in [0.25, 0.3) is 11.3 Å². The van der Waals surface area contributed by atoms with Gasteiger partial charge in [0.2, 0.25) is 0 Å². The van der Waals surface area contributed by atoms with E-state index in [-0.39, 0.29) is 21.5 Å². The number of benzene rings is 1. The molecule has 3 N–H and O–H groups in total. The Kier molecular flexibility index (Phi) is 4.96. The van der Waals surface area contributed by atoms with Gasteiger partial charge in [0.1, 0.15) is 17.3 Å². The number of rotatable bonds is 2. The van der Waals surface area contributed by atoms with Crippen LogP contribution in [0.2, 0.25) is 10.0 Å². The summed E-state index contributed by atoms with van der Waals surface area (Å²) in [5.41, 5.74) is 1.90. The topological polar surface area (TPSA) is 90.9 Å². The van der Waals surface area contributed by atoms with E-state index in [1.165, 1.54) is 0 Å². The predicted molar refractivity (Wildman–Crippen MR) is 127 cm³/mol. The second-order valence-electron chi connectivity index (χ2n) is 8.92. The second kappa shape index (κ2) is 7.47. The van der Waals surface area contributed by atoms with Crippen LogP contribution in [-0.2, 0) is 4.79 Å². The molecule has 0 saturated carbocycles. The highest BCUT2D eigenvalue weighted by Gasteiger charge is 2.43. The van der Waals surface area contributed by atoms with Gasteiger partial charge in [0, 0.05) is 23.3 Å². The van der Waals surface area contributed by atoms with E-state index in [0.717, 1.165) is 11.3 Å². The third-order valence-electron chi connectivity index (χ3n) is 5.87. The van der Waals surface area contributed by atoms with Crippen molar-refractivity contribution in [1.29, 1.82) is 0 Å². The molecular formula is C23H19Cl2N3O3S. The number of fused-ring (bicyclic) bond motifs is 1. The second-order valence-corrected chi connectivity index (χ2v) is 10.1. The van der Waals surface area contributed by atoms with E-state index in [4.69, 9.17) is 39.8 Å². The first-order chi connectivity index (χ1) is 15.1. The standard InChI is InChI=1S/C23H19Cl2N3O3S/c1-23(2)8-13-17(14(29)9-23)18(19-20(26-13)27-22(32)28-21(19)30)16-6-5-15(31-16)10-3-4-11(24)12(25)7-10/h3-7,18H,8-9H2,1-2H3,(H3,26,27,28,30,32)/t18-/m0/s1. The number of carbonyl (C=O) groups is 1. The van der Waals surface area contributed by atoms with Crippen molar-refractivity contribution in [2.75, 3.05) is 5.32 Å². The molecule has 1 aliphatic carbocycles. The van der Waals surface area contributed by atoms with Crippen LogP contribution in [0.5, 0.6) is 0 Å². The Labute approximate surface area is 198 Å². The van der Waals surface area contributed by atoms with Crippen molar-refractivity contribution >= 4 is 47.0 Å². The molecule has 6 nitrogen and oxygen atoms in total. The van der Waals surface area contributed by atoms with E-state index in [2.05, 4.69) is 29.1 Å². The molecule has 3 heterocycles. The van der Waals surface area contributed by atoms with Crippen molar-refractivity contribution in [1.82, 2.24) is 9.97 Å². The lowest BCUT2D eigenvalue weighted by Crippen LogP contribution is -2.36. The fraction of sp³-hybridized carbons (Fsp3) is 0.261. The molecule has 0 saturated heterocycles. The van der Waals surface area contributed by atoms with Gasteiger partial charge in [-0.25, -0.2) is 0 Å². The van der Waals surface area contributed by atoms with Crippen LogP contribution in [0.15, 0.2) is 50.8 Å². The number of Topliss-reactive ketones (excluding diaryl/α,β-unsaturated/α-hetero) is 1. The molecule has 5 rings (SSSR count). The van der Waals surface area contributed by atoms with Crippen LogP contribution in [0.1, 0.15) is 43.9 Å². The molecule has 2 aliphatic rings. The van der Waals surface area contributed by atoms with Crippen molar-refractivity contribution in [2.24, 2.45) is 5.41 Å². The third kappa shape index (κ3) is 3.54. The molecule has 0 amide bonds. The largest absolute Gasteiger partial charge is 0.460 e. The van der Waals surface area contributed by atoms with Gasteiger partial charge in [0.25, 0.3) is 5.56 Å². The van der Waals surface area contributed by atoms with Crippen LogP contribution in [-0.4, -0.2) is 15.8 Å². The molecule has 0 fully saturated rings. The summed E-state index contributed by atoms with van der Waals surface area (Å²) in [5, 5.41) is 4.12. The van der Waals surface area contributed by atoms with Crippen molar-refractivity contribution in [3.05, 3.63) is 78.1 Å². The number of halogens is 2. The Morgan fingerprint density at radius 1 is 1.06 bits per heavy atom. The molecular weight excluding hydrogens is 469 g/mol. The summed E-state index contributed by atoms with van der Waals surface area (Å²) < 4.78 is 6.40. The van der Waals surface area contributed by atoms with E-state index in [0.29, 0.717) is 51.4 Å². The number of aromatic nitrogens is 2. The lowest BCUT2D eigenvalue weighted by atomic mass is 9.70. The number of hydrogen-bond donors (Lipinski definition) is 3. The summed E-state index contributed by atoms with van der Waals surface area (Å²) >= 11 is 17.4. The molecule has 3 aromatic rings. The first-order valence-corrected chi connectivity index (χ1v) is 11.2. The van der Waals surface area contributed by atoms with Gasteiger partial charge in [-0.1, -0.05) is 37.0 Å². The number of furan rings is 1. The lowest BCUT2D eigenvalue weighted by molar-refractivity contribution is -0.118. The Morgan fingerprint density at radius 2 is 1.84 bits per heavy atom. The van der Waals surface area contributed by atoms with Crippen molar-refractivity contribution in [3.63, 3.8) is 0 Å². The van der Waals surface area contributed by atoms with Gasteiger partial charge in [-0.3, -0.25) is 14.6 Å². The summed E-state index contributed by atoms with van der Waals surface area (Å²) in [7, 11) is 0.